The molecule has 0 unspecified atom stereocenters. The molecule has 1 saturated heterocycles. The number of piperidine rings is 1. The first-order valence-electron chi connectivity index (χ1n) is 4.91. The Morgan fingerprint density at radius 2 is 2.36 bits per heavy atom. The third kappa shape index (κ3) is 1.99. The van der Waals surface area contributed by atoms with Gasteiger partial charge in [-0.25, -0.2) is 4.98 Å². The largest absolute Gasteiger partial charge is 0.397 e. The van der Waals surface area contributed by atoms with Crippen LogP contribution in [0.3, 0.4) is 0 Å². The molecule has 1 aromatic rings. The summed E-state index contributed by atoms with van der Waals surface area (Å²) in [4.78, 5) is 4.05. The molecular weight excluding hydrogens is 198 g/mol. The van der Waals surface area contributed by atoms with Gasteiger partial charge in [-0.2, -0.15) is 0 Å². The smallest absolute Gasteiger partial charge is 0.133 e. The molecule has 1 aliphatic heterocycles. The van der Waals surface area contributed by atoms with E-state index in [0.717, 1.165) is 18.5 Å². The van der Waals surface area contributed by atoms with Crippen LogP contribution in [0.25, 0.3) is 0 Å². The van der Waals surface area contributed by atoms with Crippen LogP contribution in [0.5, 0.6) is 0 Å². The fourth-order valence-corrected chi connectivity index (χ4v) is 2.08. The summed E-state index contributed by atoms with van der Waals surface area (Å²) in [6.45, 7) is 1.05. The summed E-state index contributed by atoms with van der Waals surface area (Å²) < 4.78 is 0. The standard InChI is InChI=1S/C10H14ClN3/c11-10-8(5-7(12)6-14-10)9-3-1-2-4-13-9/h5-6,9,13H,1-4,12H2/t9-/m1/s1. The van der Waals surface area contributed by atoms with Gasteiger partial charge in [0, 0.05) is 11.6 Å². The van der Waals surface area contributed by atoms with Gasteiger partial charge in [-0.1, -0.05) is 18.0 Å². The molecule has 0 radical (unpaired) electrons. The first-order valence-corrected chi connectivity index (χ1v) is 5.29. The molecule has 76 valence electrons. The van der Waals surface area contributed by atoms with Crippen LogP contribution in [-0.4, -0.2) is 11.5 Å². The summed E-state index contributed by atoms with van der Waals surface area (Å²) in [5, 5.41) is 3.99. The molecule has 0 saturated carbocycles. The second-order valence-corrected chi connectivity index (χ2v) is 4.01. The maximum atomic E-state index is 6.02. The molecule has 1 fully saturated rings. The number of hydrogen-bond acceptors (Lipinski definition) is 3. The predicted octanol–water partition coefficient (Wildman–Crippen LogP) is 2.13. The zero-order chi connectivity index (χ0) is 9.97. The van der Waals surface area contributed by atoms with Crippen LogP contribution >= 0.6 is 11.6 Å². The van der Waals surface area contributed by atoms with Crippen molar-refractivity contribution in [3.63, 3.8) is 0 Å². The van der Waals surface area contributed by atoms with E-state index in [9.17, 15) is 0 Å². The molecule has 3 N–H and O–H groups in total. The number of halogens is 1. The van der Waals surface area contributed by atoms with E-state index in [1.165, 1.54) is 12.8 Å². The minimum Gasteiger partial charge on any atom is -0.397 e. The van der Waals surface area contributed by atoms with Gasteiger partial charge in [-0.3, -0.25) is 0 Å². The Balaban J connectivity index is 2.24. The number of nitrogens with one attached hydrogen (secondary N) is 1. The molecule has 1 aromatic heterocycles. The Hall–Kier alpha value is -0.800. The summed E-state index contributed by atoms with van der Waals surface area (Å²) >= 11 is 6.02. The topological polar surface area (TPSA) is 50.9 Å². The average Bonchev–Trinajstić information content (AvgIpc) is 2.23. The minimum absolute atomic E-state index is 0.326. The molecule has 0 aliphatic carbocycles. The van der Waals surface area contributed by atoms with Crippen LogP contribution in [0.4, 0.5) is 5.69 Å². The monoisotopic (exact) mass is 211 g/mol. The number of nitrogens with two attached hydrogens (primary N) is 1. The highest BCUT2D eigenvalue weighted by atomic mass is 35.5. The molecule has 0 amide bonds. The lowest BCUT2D eigenvalue weighted by Gasteiger charge is -2.24. The average molecular weight is 212 g/mol. The molecule has 0 spiro atoms. The lowest BCUT2D eigenvalue weighted by Crippen LogP contribution is -2.27. The zero-order valence-corrected chi connectivity index (χ0v) is 8.72. The fourth-order valence-electron chi connectivity index (χ4n) is 1.84. The van der Waals surface area contributed by atoms with Gasteiger partial charge < -0.3 is 11.1 Å². The SMILES string of the molecule is Nc1cnc(Cl)c([C@H]2CCCCN2)c1. The normalized spacial score (nSPS) is 22.2. The molecule has 3 nitrogen and oxygen atoms in total. The Morgan fingerprint density at radius 1 is 1.50 bits per heavy atom. The van der Waals surface area contributed by atoms with Gasteiger partial charge in [0.05, 0.1) is 11.9 Å². The maximum Gasteiger partial charge on any atom is 0.133 e. The van der Waals surface area contributed by atoms with Crippen molar-refractivity contribution in [2.24, 2.45) is 0 Å². The van der Waals surface area contributed by atoms with E-state index in [1.807, 2.05) is 6.07 Å². The molecule has 2 heterocycles. The van der Waals surface area contributed by atoms with Crippen molar-refractivity contribution >= 4 is 17.3 Å². The molecule has 1 atom stereocenters. The van der Waals surface area contributed by atoms with Crippen LogP contribution in [-0.2, 0) is 0 Å². The number of anilines is 1. The second kappa shape index (κ2) is 4.15. The van der Waals surface area contributed by atoms with E-state index in [2.05, 4.69) is 10.3 Å². The Kier molecular flexibility index (Phi) is 2.89. The molecule has 2 rings (SSSR count). The van der Waals surface area contributed by atoms with E-state index in [0.29, 0.717) is 16.9 Å². The fraction of sp³-hybridized carbons (Fsp3) is 0.500. The number of pyridine rings is 1. The van der Waals surface area contributed by atoms with Gasteiger partial charge in [0.1, 0.15) is 5.15 Å². The van der Waals surface area contributed by atoms with Crippen molar-refractivity contribution in [3.8, 4) is 0 Å². The zero-order valence-electron chi connectivity index (χ0n) is 7.96. The molecular formula is C10H14ClN3. The Labute approximate surface area is 88.7 Å². The van der Waals surface area contributed by atoms with Gasteiger partial charge in [0.15, 0.2) is 0 Å². The summed E-state index contributed by atoms with van der Waals surface area (Å²) in [5.74, 6) is 0. The van der Waals surface area contributed by atoms with Gasteiger partial charge in [0.2, 0.25) is 0 Å². The molecule has 0 aromatic carbocycles. The number of nitrogens with zero attached hydrogens (tertiary/aromatic N) is 1. The lowest BCUT2D eigenvalue weighted by molar-refractivity contribution is 0.412. The number of rotatable bonds is 1. The lowest BCUT2D eigenvalue weighted by atomic mass is 9.99. The summed E-state index contributed by atoms with van der Waals surface area (Å²) in [5.41, 5.74) is 7.40. The van der Waals surface area contributed by atoms with Crippen LogP contribution in [0, 0.1) is 0 Å². The van der Waals surface area contributed by atoms with E-state index in [4.69, 9.17) is 17.3 Å². The third-order valence-corrected chi connectivity index (χ3v) is 2.89. The highest BCUT2D eigenvalue weighted by molar-refractivity contribution is 6.30. The highest BCUT2D eigenvalue weighted by Gasteiger charge is 2.17. The Morgan fingerprint density at radius 3 is 3.07 bits per heavy atom. The van der Waals surface area contributed by atoms with Gasteiger partial charge >= 0.3 is 0 Å². The van der Waals surface area contributed by atoms with Gasteiger partial charge in [-0.15, -0.1) is 0 Å². The van der Waals surface area contributed by atoms with Crippen molar-refractivity contribution in [3.05, 3.63) is 23.0 Å². The second-order valence-electron chi connectivity index (χ2n) is 3.65. The maximum absolute atomic E-state index is 6.02. The minimum atomic E-state index is 0.326. The van der Waals surface area contributed by atoms with Gasteiger partial charge in [-0.05, 0) is 25.5 Å². The van der Waals surface area contributed by atoms with Crippen molar-refractivity contribution in [1.29, 1.82) is 0 Å². The van der Waals surface area contributed by atoms with Crippen molar-refractivity contribution < 1.29 is 0 Å². The molecule has 4 heteroatoms. The highest BCUT2D eigenvalue weighted by Crippen LogP contribution is 2.28. The summed E-state index contributed by atoms with van der Waals surface area (Å²) in [6.07, 6.45) is 5.19. The third-order valence-electron chi connectivity index (χ3n) is 2.57. The molecule has 14 heavy (non-hydrogen) atoms. The summed E-state index contributed by atoms with van der Waals surface area (Å²) in [6, 6.07) is 2.24. The predicted molar refractivity (Wildman–Crippen MR) is 58.3 cm³/mol. The Bertz CT molecular complexity index is 321. The van der Waals surface area contributed by atoms with Crippen LogP contribution in [0.1, 0.15) is 30.9 Å². The van der Waals surface area contributed by atoms with Crippen LogP contribution < -0.4 is 11.1 Å². The van der Waals surface area contributed by atoms with Crippen molar-refractivity contribution in [1.82, 2.24) is 10.3 Å². The molecule has 1 aliphatic rings. The number of hydrogen-bond donors (Lipinski definition) is 2. The van der Waals surface area contributed by atoms with Crippen molar-refractivity contribution in [2.75, 3.05) is 12.3 Å². The molecule has 0 bridgehead atoms. The first-order chi connectivity index (χ1) is 6.77. The van der Waals surface area contributed by atoms with E-state index < -0.39 is 0 Å². The van der Waals surface area contributed by atoms with E-state index >= 15 is 0 Å². The van der Waals surface area contributed by atoms with E-state index in [-0.39, 0.29) is 0 Å². The quantitative estimate of drug-likeness (QED) is 0.700. The number of nitrogen functional groups attached to an aromatic ring is 1. The van der Waals surface area contributed by atoms with Crippen molar-refractivity contribution in [2.45, 2.75) is 25.3 Å². The number of aromatic nitrogens is 1. The first kappa shape index (κ1) is 9.74. The van der Waals surface area contributed by atoms with E-state index in [1.54, 1.807) is 6.20 Å². The van der Waals surface area contributed by atoms with Gasteiger partial charge in [0.25, 0.3) is 0 Å². The summed E-state index contributed by atoms with van der Waals surface area (Å²) in [7, 11) is 0. The van der Waals surface area contributed by atoms with Crippen LogP contribution in [0.2, 0.25) is 5.15 Å². The van der Waals surface area contributed by atoms with Crippen LogP contribution in [0.15, 0.2) is 12.3 Å².